The minimum absolute atomic E-state index is 0.0254. The highest BCUT2D eigenvalue weighted by molar-refractivity contribution is 5.47. The van der Waals surface area contributed by atoms with E-state index in [1.807, 2.05) is 13.8 Å². The second-order valence-corrected chi connectivity index (χ2v) is 5.06. The van der Waals surface area contributed by atoms with Crippen molar-refractivity contribution in [2.24, 2.45) is 0 Å². The highest BCUT2D eigenvalue weighted by Gasteiger charge is 2.11. The number of pyridine rings is 1. The molecule has 0 aliphatic carbocycles. The lowest BCUT2D eigenvalue weighted by atomic mass is 10.1. The van der Waals surface area contributed by atoms with E-state index in [1.165, 1.54) is 18.2 Å². The summed E-state index contributed by atoms with van der Waals surface area (Å²) in [6.45, 7) is 4.60. The molecule has 2 rings (SSSR count). The maximum absolute atomic E-state index is 11.7. The molecule has 2 aromatic rings. The summed E-state index contributed by atoms with van der Waals surface area (Å²) in [5, 5.41) is 22.4. The Morgan fingerprint density at radius 1 is 1.24 bits per heavy atom. The van der Waals surface area contributed by atoms with Crippen molar-refractivity contribution in [3.8, 4) is 11.5 Å². The molecule has 1 unspecified atom stereocenters. The van der Waals surface area contributed by atoms with E-state index >= 15 is 0 Å². The molecule has 112 valence electrons. The number of aryl methyl sites for hydroxylation is 1. The SMILES string of the molecule is CCCn1cc(NC(C)c2ccc(O)cc2O)ccc1=O. The zero-order valence-corrected chi connectivity index (χ0v) is 12.2. The number of aromatic hydroxyl groups is 2. The van der Waals surface area contributed by atoms with E-state index in [0.29, 0.717) is 12.1 Å². The van der Waals surface area contributed by atoms with Crippen LogP contribution in [0.15, 0.2) is 41.3 Å². The molecule has 5 nitrogen and oxygen atoms in total. The maximum atomic E-state index is 11.7. The van der Waals surface area contributed by atoms with Crippen molar-refractivity contribution in [1.82, 2.24) is 4.57 Å². The van der Waals surface area contributed by atoms with Crippen LogP contribution in [0.5, 0.6) is 11.5 Å². The van der Waals surface area contributed by atoms with E-state index in [0.717, 1.165) is 12.1 Å². The molecule has 1 atom stereocenters. The van der Waals surface area contributed by atoms with Gasteiger partial charge in [-0.25, -0.2) is 0 Å². The molecule has 1 heterocycles. The van der Waals surface area contributed by atoms with Crippen LogP contribution in [0.25, 0.3) is 0 Å². The van der Waals surface area contributed by atoms with Crippen LogP contribution in [0.3, 0.4) is 0 Å². The normalized spacial score (nSPS) is 12.1. The number of nitrogens with zero attached hydrogens (tertiary/aromatic N) is 1. The fourth-order valence-electron chi connectivity index (χ4n) is 2.26. The Labute approximate surface area is 123 Å². The van der Waals surface area contributed by atoms with Crippen LogP contribution >= 0.6 is 0 Å². The number of anilines is 1. The standard InChI is InChI=1S/C16H20N2O3/c1-3-8-18-10-12(4-7-16(18)21)17-11(2)14-6-5-13(19)9-15(14)20/h4-7,9-11,17,19-20H,3,8H2,1-2H3. The third-order valence-corrected chi connectivity index (χ3v) is 3.31. The average Bonchev–Trinajstić information content (AvgIpc) is 2.42. The molecular formula is C16H20N2O3. The molecule has 0 spiro atoms. The Hall–Kier alpha value is -2.43. The van der Waals surface area contributed by atoms with Crippen molar-refractivity contribution >= 4 is 5.69 Å². The first-order valence-electron chi connectivity index (χ1n) is 7.00. The van der Waals surface area contributed by atoms with E-state index in [4.69, 9.17) is 0 Å². The molecule has 1 aromatic heterocycles. The van der Waals surface area contributed by atoms with Gasteiger partial charge in [0.25, 0.3) is 5.56 Å². The smallest absolute Gasteiger partial charge is 0.250 e. The minimum Gasteiger partial charge on any atom is -0.508 e. The third kappa shape index (κ3) is 3.56. The molecule has 0 aliphatic rings. The predicted molar refractivity (Wildman–Crippen MR) is 82.8 cm³/mol. The largest absolute Gasteiger partial charge is 0.508 e. The molecule has 0 aliphatic heterocycles. The number of hydrogen-bond acceptors (Lipinski definition) is 4. The first-order chi connectivity index (χ1) is 10.0. The molecule has 0 fully saturated rings. The molecule has 5 heteroatoms. The lowest BCUT2D eigenvalue weighted by Gasteiger charge is -2.18. The van der Waals surface area contributed by atoms with Crippen molar-refractivity contribution in [2.75, 3.05) is 5.32 Å². The second-order valence-electron chi connectivity index (χ2n) is 5.06. The summed E-state index contributed by atoms with van der Waals surface area (Å²) < 4.78 is 1.66. The summed E-state index contributed by atoms with van der Waals surface area (Å²) in [4.78, 5) is 11.7. The van der Waals surface area contributed by atoms with E-state index in [2.05, 4.69) is 5.32 Å². The van der Waals surface area contributed by atoms with Gasteiger partial charge in [0.2, 0.25) is 0 Å². The minimum atomic E-state index is -0.154. The maximum Gasteiger partial charge on any atom is 0.250 e. The van der Waals surface area contributed by atoms with Gasteiger partial charge in [-0.3, -0.25) is 4.79 Å². The van der Waals surface area contributed by atoms with Crippen molar-refractivity contribution in [3.63, 3.8) is 0 Å². The lowest BCUT2D eigenvalue weighted by molar-refractivity contribution is 0.444. The number of aromatic nitrogens is 1. The van der Waals surface area contributed by atoms with Crippen molar-refractivity contribution in [1.29, 1.82) is 0 Å². The monoisotopic (exact) mass is 288 g/mol. The van der Waals surface area contributed by atoms with Crippen LogP contribution in [0.2, 0.25) is 0 Å². The summed E-state index contributed by atoms with van der Waals surface area (Å²) in [6.07, 6.45) is 2.66. The van der Waals surface area contributed by atoms with Crippen molar-refractivity contribution < 1.29 is 10.2 Å². The van der Waals surface area contributed by atoms with Gasteiger partial charge < -0.3 is 20.1 Å². The Balaban J connectivity index is 2.21. The molecule has 1 aromatic carbocycles. The van der Waals surface area contributed by atoms with Crippen LogP contribution in [0.4, 0.5) is 5.69 Å². The van der Waals surface area contributed by atoms with Crippen LogP contribution in [0.1, 0.15) is 31.9 Å². The Morgan fingerprint density at radius 3 is 2.67 bits per heavy atom. The highest BCUT2D eigenvalue weighted by Crippen LogP contribution is 2.29. The third-order valence-electron chi connectivity index (χ3n) is 3.31. The zero-order chi connectivity index (χ0) is 15.4. The second kappa shape index (κ2) is 6.35. The molecule has 21 heavy (non-hydrogen) atoms. The molecule has 3 N–H and O–H groups in total. The zero-order valence-electron chi connectivity index (χ0n) is 12.2. The van der Waals surface area contributed by atoms with Crippen LogP contribution in [-0.4, -0.2) is 14.8 Å². The number of hydrogen-bond donors (Lipinski definition) is 3. The van der Waals surface area contributed by atoms with Crippen LogP contribution in [-0.2, 0) is 6.54 Å². The Bertz CT molecular complexity index is 679. The van der Waals surface area contributed by atoms with Gasteiger partial charge in [-0.2, -0.15) is 0 Å². The van der Waals surface area contributed by atoms with Gasteiger partial charge in [0, 0.05) is 30.4 Å². The summed E-state index contributed by atoms with van der Waals surface area (Å²) in [5.74, 6) is 0.0665. The Kier molecular flexibility index (Phi) is 4.52. The molecule has 0 amide bonds. The molecular weight excluding hydrogens is 268 g/mol. The van der Waals surface area contributed by atoms with Gasteiger partial charge in [0.05, 0.1) is 11.7 Å². The van der Waals surface area contributed by atoms with E-state index in [9.17, 15) is 15.0 Å². The van der Waals surface area contributed by atoms with Gasteiger partial charge in [-0.1, -0.05) is 6.92 Å². The number of benzene rings is 1. The molecule has 0 saturated heterocycles. The summed E-state index contributed by atoms with van der Waals surface area (Å²) in [7, 11) is 0. The van der Waals surface area contributed by atoms with E-state index in [-0.39, 0.29) is 23.1 Å². The fourth-order valence-corrected chi connectivity index (χ4v) is 2.26. The molecule has 0 radical (unpaired) electrons. The van der Waals surface area contributed by atoms with Crippen LogP contribution < -0.4 is 10.9 Å². The molecule has 0 bridgehead atoms. The molecule has 0 saturated carbocycles. The number of phenolic OH excluding ortho intramolecular Hbond substituents is 2. The topological polar surface area (TPSA) is 74.5 Å². The first kappa shape index (κ1) is 15.0. The van der Waals surface area contributed by atoms with Crippen molar-refractivity contribution in [2.45, 2.75) is 32.9 Å². The number of nitrogens with one attached hydrogen (secondary N) is 1. The van der Waals surface area contributed by atoms with Crippen LogP contribution in [0, 0.1) is 0 Å². The lowest BCUT2D eigenvalue weighted by Crippen LogP contribution is -2.19. The Morgan fingerprint density at radius 2 is 2.00 bits per heavy atom. The summed E-state index contributed by atoms with van der Waals surface area (Å²) in [5.41, 5.74) is 1.46. The number of phenols is 2. The summed E-state index contributed by atoms with van der Waals surface area (Å²) >= 11 is 0. The fraction of sp³-hybridized carbons (Fsp3) is 0.312. The van der Waals surface area contributed by atoms with E-state index in [1.54, 1.807) is 22.9 Å². The van der Waals surface area contributed by atoms with Gasteiger partial charge in [0.15, 0.2) is 0 Å². The van der Waals surface area contributed by atoms with Crippen molar-refractivity contribution in [3.05, 3.63) is 52.4 Å². The first-order valence-corrected chi connectivity index (χ1v) is 7.00. The van der Waals surface area contributed by atoms with Gasteiger partial charge in [0.1, 0.15) is 11.5 Å². The average molecular weight is 288 g/mol. The van der Waals surface area contributed by atoms with E-state index < -0.39 is 0 Å². The van der Waals surface area contributed by atoms with Gasteiger partial charge >= 0.3 is 0 Å². The van der Waals surface area contributed by atoms with Gasteiger partial charge in [-0.15, -0.1) is 0 Å². The summed E-state index contributed by atoms with van der Waals surface area (Å²) in [6, 6.07) is 7.61. The quantitative estimate of drug-likeness (QED) is 0.791. The highest BCUT2D eigenvalue weighted by atomic mass is 16.3. The van der Waals surface area contributed by atoms with Gasteiger partial charge in [-0.05, 0) is 31.5 Å². The number of rotatable bonds is 5. The predicted octanol–water partition coefficient (Wildman–Crippen LogP) is 2.84.